The van der Waals surface area contributed by atoms with Gasteiger partial charge in [0.2, 0.25) is 0 Å². The molecule has 48 valence electrons. The Kier molecular flexibility index (Phi) is 0.472. The Morgan fingerprint density at radius 3 is 2.44 bits per heavy atom. The summed E-state index contributed by atoms with van der Waals surface area (Å²) in [6.07, 6.45) is 7.76. The average molecular weight is 121 g/mol. The van der Waals surface area contributed by atoms with Gasteiger partial charge < -0.3 is 0 Å². The summed E-state index contributed by atoms with van der Waals surface area (Å²) in [5.74, 6) is 1.52. The normalized spacial score (nSPS) is 51.6. The van der Waals surface area contributed by atoms with E-state index in [-0.39, 0.29) is 0 Å². The molecule has 2 fully saturated rings. The molecule has 0 aromatic rings. The third kappa shape index (κ3) is 0.357. The van der Waals surface area contributed by atoms with Crippen molar-refractivity contribution in [2.24, 2.45) is 17.3 Å². The first kappa shape index (κ1) is 3.80. The highest BCUT2D eigenvalue weighted by Gasteiger charge is 2.58. The topological polar surface area (TPSA) is 0 Å². The van der Waals surface area contributed by atoms with Gasteiger partial charge in [0, 0.05) is 0 Å². The molecule has 1 spiro atoms. The van der Waals surface area contributed by atoms with Crippen molar-refractivity contribution < 1.29 is 1.37 Å². The lowest BCUT2D eigenvalue weighted by Gasteiger charge is -2.10. The Labute approximate surface area is 57.4 Å². The number of rotatable bonds is 0. The van der Waals surface area contributed by atoms with E-state index in [2.05, 4.69) is 6.08 Å². The fourth-order valence-electron chi connectivity index (χ4n) is 2.77. The van der Waals surface area contributed by atoms with E-state index in [1.807, 2.05) is 0 Å². The van der Waals surface area contributed by atoms with E-state index >= 15 is 0 Å². The van der Waals surface area contributed by atoms with Crippen molar-refractivity contribution in [3.8, 4) is 0 Å². The molecule has 0 saturated heterocycles. The SMILES string of the molecule is [2H]C1=C[C@@H]2CC[C@H]1C21CC1. The minimum atomic E-state index is 0.664. The third-order valence-electron chi connectivity index (χ3n) is 3.52. The maximum absolute atomic E-state index is 7.68. The quantitative estimate of drug-likeness (QED) is 0.431. The van der Waals surface area contributed by atoms with Gasteiger partial charge in [-0.3, -0.25) is 0 Å². The molecule has 3 aliphatic rings. The van der Waals surface area contributed by atoms with E-state index in [4.69, 9.17) is 1.37 Å². The van der Waals surface area contributed by atoms with Gasteiger partial charge in [-0.2, -0.15) is 0 Å². The summed E-state index contributed by atoms with van der Waals surface area (Å²) >= 11 is 0. The van der Waals surface area contributed by atoms with Crippen LogP contribution in [0.3, 0.4) is 0 Å². The number of hydrogen-bond acceptors (Lipinski definition) is 0. The minimum Gasteiger partial charge on any atom is -0.0845 e. The van der Waals surface area contributed by atoms with Crippen molar-refractivity contribution in [1.82, 2.24) is 0 Å². The molecule has 9 heavy (non-hydrogen) atoms. The van der Waals surface area contributed by atoms with E-state index in [1.165, 1.54) is 25.7 Å². The summed E-state index contributed by atoms with van der Waals surface area (Å²) in [7, 11) is 0. The van der Waals surface area contributed by atoms with Gasteiger partial charge in [-0.15, -0.1) is 0 Å². The molecule has 0 unspecified atom stereocenters. The van der Waals surface area contributed by atoms with Crippen molar-refractivity contribution in [1.29, 1.82) is 0 Å². The Morgan fingerprint density at radius 2 is 2.11 bits per heavy atom. The molecular formula is C9H12. The third-order valence-corrected chi connectivity index (χ3v) is 3.52. The largest absolute Gasteiger partial charge is 0.0845 e. The van der Waals surface area contributed by atoms with E-state index in [9.17, 15) is 0 Å². The summed E-state index contributed by atoms with van der Waals surface area (Å²) in [5.41, 5.74) is 0.664. The van der Waals surface area contributed by atoms with E-state index in [1.54, 1.807) is 0 Å². The van der Waals surface area contributed by atoms with Crippen LogP contribution in [0.2, 0.25) is 0 Å². The molecule has 0 aromatic carbocycles. The van der Waals surface area contributed by atoms with Crippen LogP contribution < -0.4 is 0 Å². The molecule has 3 aliphatic carbocycles. The second-order valence-electron chi connectivity index (χ2n) is 3.80. The average Bonchev–Trinajstić information content (AvgIpc) is 2.55. The van der Waals surface area contributed by atoms with Crippen LogP contribution in [0.5, 0.6) is 0 Å². The van der Waals surface area contributed by atoms with Crippen molar-refractivity contribution in [2.75, 3.05) is 0 Å². The molecule has 3 rings (SSSR count). The molecule has 2 atom stereocenters. The summed E-state index contributed by atoms with van der Waals surface area (Å²) in [6.45, 7) is 0. The van der Waals surface area contributed by atoms with Gasteiger partial charge >= 0.3 is 0 Å². The highest BCUT2D eigenvalue weighted by molar-refractivity contribution is 5.23. The zero-order valence-electron chi connectivity index (χ0n) is 6.56. The highest BCUT2D eigenvalue weighted by atomic mass is 14.6. The molecule has 0 amide bonds. The lowest BCUT2D eigenvalue weighted by Crippen LogP contribution is -2.05. The van der Waals surface area contributed by atoms with Crippen LogP contribution in [0, 0.1) is 17.3 Å². The molecule has 0 nitrogen and oxygen atoms in total. The Bertz CT molecular complexity index is 213. The standard InChI is InChI=1S/C9H12/c1-2-8-4-3-7(1)9(8)5-6-9/h1-2,7-8H,3-6H2/t7-,8+/i1D/m0/s1. The van der Waals surface area contributed by atoms with Gasteiger partial charge in [-0.05, 0) is 42.9 Å². The molecular weight excluding hydrogens is 108 g/mol. The maximum atomic E-state index is 7.68. The molecule has 0 heterocycles. The van der Waals surface area contributed by atoms with Gasteiger partial charge in [0.15, 0.2) is 0 Å². The van der Waals surface area contributed by atoms with Crippen LogP contribution in [0.1, 0.15) is 27.1 Å². The van der Waals surface area contributed by atoms with Gasteiger partial charge in [0.1, 0.15) is 0 Å². The highest BCUT2D eigenvalue weighted by Crippen LogP contribution is 2.68. The molecule has 0 radical (unpaired) electrons. The van der Waals surface area contributed by atoms with Gasteiger partial charge in [-0.1, -0.05) is 12.1 Å². The fourth-order valence-corrected chi connectivity index (χ4v) is 2.77. The summed E-state index contributed by atoms with van der Waals surface area (Å²) < 4.78 is 7.68. The van der Waals surface area contributed by atoms with Crippen molar-refractivity contribution >= 4 is 0 Å². The zero-order chi connectivity index (χ0) is 6.77. The molecule has 0 N–H and O–H groups in total. The Hall–Kier alpha value is -0.260. The lowest BCUT2D eigenvalue weighted by molar-refractivity contribution is 0.405. The van der Waals surface area contributed by atoms with Gasteiger partial charge in [-0.25, -0.2) is 0 Å². The van der Waals surface area contributed by atoms with Crippen LogP contribution in [-0.4, -0.2) is 0 Å². The van der Waals surface area contributed by atoms with Crippen LogP contribution >= 0.6 is 0 Å². The predicted octanol–water partition coefficient (Wildman–Crippen LogP) is 2.36. The van der Waals surface area contributed by atoms with E-state index < -0.39 is 0 Å². The smallest absolute Gasteiger partial charge is 0.0576 e. The van der Waals surface area contributed by atoms with Crippen LogP contribution in [0.4, 0.5) is 0 Å². The molecule has 2 bridgehead atoms. The first-order valence-electron chi connectivity index (χ1n) is 4.51. The fraction of sp³-hybridized carbons (Fsp3) is 0.778. The number of hydrogen-bond donors (Lipinski definition) is 0. The van der Waals surface area contributed by atoms with Crippen LogP contribution in [0.15, 0.2) is 12.1 Å². The Balaban J connectivity index is 2.08. The summed E-state index contributed by atoms with van der Waals surface area (Å²) in [5, 5.41) is 0. The van der Waals surface area contributed by atoms with E-state index in [0.717, 1.165) is 12.0 Å². The predicted molar refractivity (Wildman–Crippen MR) is 37.0 cm³/mol. The van der Waals surface area contributed by atoms with Crippen LogP contribution in [0.25, 0.3) is 0 Å². The maximum Gasteiger partial charge on any atom is 0.0576 e. The molecule has 0 aromatic heterocycles. The minimum absolute atomic E-state index is 0.664. The first-order valence-corrected chi connectivity index (χ1v) is 4.01. The van der Waals surface area contributed by atoms with E-state index in [0.29, 0.717) is 11.3 Å². The van der Waals surface area contributed by atoms with Crippen LogP contribution in [-0.2, 0) is 0 Å². The van der Waals surface area contributed by atoms with Crippen molar-refractivity contribution in [2.45, 2.75) is 25.7 Å². The second-order valence-corrected chi connectivity index (χ2v) is 3.80. The lowest BCUT2D eigenvalue weighted by atomic mass is 9.93. The zero-order valence-corrected chi connectivity index (χ0v) is 5.56. The first-order chi connectivity index (χ1) is 4.83. The van der Waals surface area contributed by atoms with Crippen molar-refractivity contribution in [3.63, 3.8) is 0 Å². The second kappa shape index (κ2) is 1.12. The molecule has 2 saturated carbocycles. The van der Waals surface area contributed by atoms with Gasteiger partial charge in [0.25, 0.3) is 0 Å². The van der Waals surface area contributed by atoms with Crippen molar-refractivity contribution in [3.05, 3.63) is 12.1 Å². The molecule has 0 aliphatic heterocycles. The number of allylic oxidation sites excluding steroid dienone is 2. The van der Waals surface area contributed by atoms with Gasteiger partial charge in [0.05, 0.1) is 1.37 Å². The molecule has 0 heteroatoms. The summed E-state index contributed by atoms with van der Waals surface area (Å²) in [6, 6.07) is 0.966. The Morgan fingerprint density at radius 1 is 1.33 bits per heavy atom. The summed E-state index contributed by atoms with van der Waals surface area (Å²) in [4.78, 5) is 0. The monoisotopic (exact) mass is 121 g/mol.